The van der Waals surface area contributed by atoms with E-state index in [0.717, 1.165) is 29.2 Å². The largest absolute Gasteiger partial charge is 0.355 e. The highest BCUT2D eigenvalue weighted by atomic mass is 15.4. The maximum atomic E-state index is 4.74. The predicted molar refractivity (Wildman–Crippen MR) is 175 cm³/mol. The van der Waals surface area contributed by atoms with Crippen LogP contribution in [0, 0.1) is 0 Å². The Balaban J connectivity index is 1.32. The van der Waals surface area contributed by atoms with E-state index < -0.39 is 0 Å². The van der Waals surface area contributed by atoms with Crippen molar-refractivity contribution in [3.63, 3.8) is 0 Å². The first kappa shape index (κ1) is 23.2. The van der Waals surface area contributed by atoms with Gasteiger partial charge in [0.05, 0.1) is 40.1 Å². The van der Waals surface area contributed by atoms with Crippen molar-refractivity contribution in [2.75, 3.05) is 23.5 Å². The fourth-order valence-corrected chi connectivity index (χ4v) is 6.84. The van der Waals surface area contributed by atoms with Crippen LogP contribution in [-0.4, -0.2) is 27.8 Å². The quantitative estimate of drug-likeness (QED) is 0.224. The van der Waals surface area contributed by atoms with Gasteiger partial charge in [0, 0.05) is 46.2 Å². The van der Waals surface area contributed by atoms with Gasteiger partial charge in [-0.1, -0.05) is 66.7 Å². The summed E-state index contributed by atoms with van der Waals surface area (Å²) in [5.41, 5.74) is 9.50. The normalized spacial score (nSPS) is 13.2. The van der Waals surface area contributed by atoms with Crippen LogP contribution < -0.4 is 9.80 Å². The summed E-state index contributed by atoms with van der Waals surface area (Å²) < 4.78 is 4.70. The number of aromatic nitrogens is 3. The van der Waals surface area contributed by atoms with Crippen molar-refractivity contribution < 1.29 is 0 Å². The van der Waals surface area contributed by atoms with E-state index in [0.29, 0.717) is 0 Å². The molecule has 5 aromatic carbocycles. The molecule has 200 valence electrons. The zero-order valence-corrected chi connectivity index (χ0v) is 23.1. The van der Waals surface area contributed by atoms with Crippen molar-refractivity contribution in [3.05, 3.63) is 134 Å². The molecule has 42 heavy (non-hydrogen) atoms. The highest BCUT2D eigenvalue weighted by Crippen LogP contribution is 2.42. The Morgan fingerprint density at radius 2 is 1.07 bits per heavy atom. The number of hydrogen-bond acceptors (Lipinski definition) is 3. The van der Waals surface area contributed by atoms with E-state index >= 15 is 0 Å². The molecule has 0 saturated heterocycles. The summed E-state index contributed by atoms with van der Waals surface area (Å²) in [5, 5.41) is 4.95. The van der Waals surface area contributed by atoms with E-state index in [2.05, 4.69) is 147 Å². The molecular weight excluding hydrogens is 514 g/mol. The molecule has 0 bridgehead atoms. The van der Waals surface area contributed by atoms with Gasteiger partial charge in [-0.15, -0.1) is 0 Å². The van der Waals surface area contributed by atoms with Crippen LogP contribution in [0.15, 0.2) is 134 Å². The Kier molecular flexibility index (Phi) is 4.81. The van der Waals surface area contributed by atoms with Crippen molar-refractivity contribution >= 4 is 60.7 Å². The van der Waals surface area contributed by atoms with E-state index in [1.54, 1.807) is 0 Å². The summed E-state index contributed by atoms with van der Waals surface area (Å²) in [4.78, 5) is 9.45. The molecule has 5 nitrogen and oxygen atoms in total. The molecule has 0 aliphatic carbocycles. The van der Waals surface area contributed by atoms with E-state index in [1.165, 1.54) is 49.6 Å². The molecule has 0 amide bonds. The second kappa shape index (κ2) is 8.72. The highest BCUT2D eigenvalue weighted by molar-refractivity contribution is 6.12. The molecule has 0 unspecified atom stereocenters. The summed E-state index contributed by atoms with van der Waals surface area (Å²) in [6.07, 6.45) is 1.86. The molecule has 5 heteroatoms. The van der Waals surface area contributed by atoms with Crippen LogP contribution in [-0.2, 0) is 0 Å². The lowest BCUT2D eigenvalue weighted by molar-refractivity contribution is 0.950. The Morgan fingerprint density at radius 1 is 0.500 bits per heavy atom. The second-order valence-corrected chi connectivity index (χ2v) is 11.1. The maximum absolute atomic E-state index is 4.74. The van der Waals surface area contributed by atoms with E-state index in [-0.39, 0.29) is 0 Å². The van der Waals surface area contributed by atoms with Crippen LogP contribution in [0.4, 0.5) is 17.1 Å². The summed E-state index contributed by atoms with van der Waals surface area (Å²) in [5.74, 6) is 0.919. The molecule has 0 fully saturated rings. The lowest BCUT2D eigenvalue weighted by atomic mass is 10.1. The lowest BCUT2D eigenvalue weighted by Crippen LogP contribution is -2.23. The van der Waals surface area contributed by atoms with E-state index in [1.807, 2.05) is 12.3 Å². The minimum absolute atomic E-state index is 0.821. The minimum Gasteiger partial charge on any atom is -0.355 e. The monoisotopic (exact) mass is 541 g/mol. The summed E-state index contributed by atoms with van der Waals surface area (Å²) >= 11 is 0. The molecule has 0 N–H and O–H groups in total. The summed E-state index contributed by atoms with van der Waals surface area (Å²) in [7, 11) is 2.16. The Hall–Kier alpha value is -5.55. The zero-order chi connectivity index (χ0) is 27.8. The first-order chi connectivity index (χ1) is 20.8. The number of benzene rings is 5. The molecule has 0 atom stereocenters. The molecule has 1 aliphatic heterocycles. The predicted octanol–water partition coefficient (Wildman–Crippen LogP) is 8.82. The molecule has 3 aromatic heterocycles. The van der Waals surface area contributed by atoms with E-state index in [4.69, 9.17) is 4.98 Å². The van der Waals surface area contributed by atoms with Crippen molar-refractivity contribution in [1.82, 2.24) is 14.1 Å². The molecule has 0 radical (unpaired) electrons. The zero-order valence-electron chi connectivity index (χ0n) is 23.1. The van der Waals surface area contributed by atoms with Gasteiger partial charge in [0.1, 0.15) is 5.82 Å². The smallest absolute Gasteiger partial charge is 0.137 e. The third kappa shape index (κ3) is 3.22. The van der Waals surface area contributed by atoms with Crippen LogP contribution in [0.3, 0.4) is 0 Å². The van der Waals surface area contributed by atoms with E-state index in [9.17, 15) is 0 Å². The number of fused-ring (bicyclic) bond motifs is 7. The minimum atomic E-state index is 0.821. The average molecular weight is 542 g/mol. The Morgan fingerprint density at radius 3 is 1.81 bits per heavy atom. The van der Waals surface area contributed by atoms with Gasteiger partial charge in [-0.3, -0.25) is 4.57 Å². The first-order valence-corrected chi connectivity index (χ1v) is 14.3. The molecule has 1 aliphatic rings. The summed E-state index contributed by atoms with van der Waals surface area (Å²) in [6, 6.07) is 45.8. The maximum Gasteiger partial charge on any atom is 0.137 e. The topological polar surface area (TPSA) is 29.2 Å². The third-order valence-electron chi connectivity index (χ3n) is 8.70. The van der Waals surface area contributed by atoms with Crippen molar-refractivity contribution in [2.45, 2.75) is 0 Å². The van der Waals surface area contributed by atoms with Crippen LogP contribution in [0.5, 0.6) is 0 Å². The molecule has 8 aromatic rings. The fourth-order valence-electron chi connectivity index (χ4n) is 6.84. The van der Waals surface area contributed by atoms with Crippen molar-refractivity contribution in [1.29, 1.82) is 0 Å². The number of nitrogens with zero attached hydrogens (tertiary/aromatic N) is 5. The van der Waals surface area contributed by atoms with Gasteiger partial charge in [0.2, 0.25) is 0 Å². The molecule has 9 rings (SSSR count). The number of anilines is 3. The Labute approximate surface area is 243 Å². The van der Waals surface area contributed by atoms with Crippen molar-refractivity contribution in [2.24, 2.45) is 0 Å². The molecule has 0 spiro atoms. The highest BCUT2D eigenvalue weighted by Gasteiger charge is 2.25. The average Bonchev–Trinajstić information content (AvgIpc) is 3.68. The lowest BCUT2D eigenvalue weighted by Gasteiger charge is -2.20. The van der Waals surface area contributed by atoms with Gasteiger partial charge in [-0.05, 0) is 60.7 Å². The van der Waals surface area contributed by atoms with Crippen LogP contribution in [0.1, 0.15) is 0 Å². The summed E-state index contributed by atoms with van der Waals surface area (Å²) in [6.45, 7) is 0.821. The number of hydrogen-bond donors (Lipinski definition) is 0. The fraction of sp³-hybridized carbons (Fsp3) is 0.0541. The molecule has 4 heterocycles. The van der Waals surface area contributed by atoms with Gasteiger partial charge >= 0.3 is 0 Å². The van der Waals surface area contributed by atoms with Gasteiger partial charge in [-0.2, -0.15) is 0 Å². The van der Waals surface area contributed by atoms with Crippen molar-refractivity contribution in [3.8, 4) is 11.5 Å². The SMILES string of the molecule is CN1CN(c2ccc3c4ccccc4n(-c4ccc5c6ccccc6n(-c6ccccn6)c5c4)c3c2)c2ccccc21. The third-order valence-corrected chi connectivity index (χ3v) is 8.70. The van der Waals surface area contributed by atoms with Gasteiger partial charge in [0.15, 0.2) is 0 Å². The number of para-hydroxylation sites is 4. The molecular formula is C37H27N5. The number of pyridine rings is 1. The van der Waals surface area contributed by atoms with Crippen LogP contribution in [0.25, 0.3) is 55.1 Å². The molecule has 0 saturated carbocycles. The van der Waals surface area contributed by atoms with Crippen LogP contribution >= 0.6 is 0 Å². The Bertz CT molecular complexity index is 2310. The van der Waals surface area contributed by atoms with Crippen LogP contribution in [0.2, 0.25) is 0 Å². The number of rotatable bonds is 3. The van der Waals surface area contributed by atoms with Gasteiger partial charge in [0.25, 0.3) is 0 Å². The second-order valence-electron chi connectivity index (χ2n) is 11.1. The first-order valence-electron chi connectivity index (χ1n) is 14.3. The standard InChI is InChI=1S/C37H27N5/c1-39-24-40(34-15-7-6-14-33(34)39)25-17-19-29-27-10-2-4-12-31(27)41(35(29)22-25)26-18-20-30-28-11-3-5-13-32(28)42(36(30)23-26)37-16-8-9-21-38-37/h2-23H,24H2,1H3. The van der Waals surface area contributed by atoms with Gasteiger partial charge in [-0.25, -0.2) is 4.98 Å². The van der Waals surface area contributed by atoms with Gasteiger partial charge < -0.3 is 14.4 Å².